The maximum Gasteiger partial charge on any atom is 0.239 e. The number of hydrogen-bond acceptors (Lipinski definition) is 2. The highest BCUT2D eigenvalue weighted by molar-refractivity contribution is 5.83. The first kappa shape index (κ1) is 12.7. The number of carbonyl (C=O) groups excluding carboxylic acids is 1. The molecule has 3 atom stereocenters. The van der Waals surface area contributed by atoms with Crippen LogP contribution in [0, 0.1) is 0 Å². The molecular formula is C16H22N2O. The molecule has 1 aliphatic carbocycles. The zero-order chi connectivity index (χ0) is 13.2. The van der Waals surface area contributed by atoms with Crippen molar-refractivity contribution in [1.82, 2.24) is 10.2 Å². The summed E-state index contributed by atoms with van der Waals surface area (Å²) >= 11 is 0. The molecule has 3 rings (SSSR count). The minimum atomic E-state index is 0.0516. The van der Waals surface area contributed by atoms with Crippen LogP contribution in [0.2, 0.25) is 0 Å². The van der Waals surface area contributed by atoms with Crippen LogP contribution in [0.15, 0.2) is 30.3 Å². The normalized spacial score (nSPS) is 30.5. The summed E-state index contributed by atoms with van der Waals surface area (Å²) in [6.07, 6.45) is 3.25. The Morgan fingerprint density at radius 1 is 1.32 bits per heavy atom. The smallest absolute Gasteiger partial charge is 0.239 e. The number of piperidine rings is 1. The Labute approximate surface area is 115 Å². The van der Waals surface area contributed by atoms with Gasteiger partial charge in [0.1, 0.15) is 0 Å². The topological polar surface area (TPSA) is 32.3 Å². The van der Waals surface area contributed by atoms with Crippen molar-refractivity contribution < 1.29 is 4.79 Å². The number of nitrogens with one attached hydrogen (secondary N) is 1. The Balaban J connectivity index is 1.66. The molecule has 0 aromatic heterocycles. The van der Waals surface area contributed by atoms with E-state index in [2.05, 4.69) is 41.4 Å². The number of benzene rings is 1. The van der Waals surface area contributed by atoms with Gasteiger partial charge in [-0.2, -0.15) is 0 Å². The van der Waals surface area contributed by atoms with Crippen LogP contribution in [0.1, 0.15) is 37.7 Å². The van der Waals surface area contributed by atoms with Gasteiger partial charge in [0, 0.05) is 18.5 Å². The molecule has 102 valence electrons. The van der Waals surface area contributed by atoms with E-state index in [0.29, 0.717) is 17.9 Å². The number of carbonyl (C=O) groups is 1. The Morgan fingerprint density at radius 2 is 2.11 bits per heavy atom. The van der Waals surface area contributed by atoms with Crippen LogP contribution in [0.5, 0.6) is 0 Å². The Morgan fingerprint density at radius 3 is 2.84 bits per heavy atom. The fourth-order valence-electron chi connectivity index (χ4n) is 3.25. The highest BCUT2D eigenvalue weighted by Gasteiger charge is 2.46. The SMILES string of the molecule is CCNC1CCCN(C2CC2c2ccccc2)C1=O. The molecule has 3 heteroatoms. The van der Waals surface area contributed by atoms with E-state index in [1.165, 1.54) is 5.56 Å². The zero-order valence-electron chi connectivity index (χ0n) is 11.5. The molecule has 0 bridgehead atoms. The summed E-state index contributed by atoms with van der Waals surface area (Å²) in [7, 11) is 0. The summed E-state index contributed by atoms with van der Waals surface area (Å²) in [5.41, 5.74) is 1.38. The minimum absolute atomic E-state index is 0.0516. The number of amides is 1. The second kappa shape index (κ2) is 5.33. The van der Waals surface area contributed by atoms with Gasteiger partial charge >= 0.3 is 0 Å². The van der Waals surface area contributed by atoms with Crippen LogP contribution in [-0.4, -0.2) is 36.0 Å². The quantitative estimate of drug-likeness (QED) is 0.897. The lowest BCUT2D eigenvalue weighted by Crippen LogP contribution is -2.51. The average Bonchev–Trinajstić information content (AvgIpc) is 3.23. The fraction of sp³-hybridized carbons (Fsp3) is 0.562. The van der Waals surface area contributed by atoms with Crippen LogP contribution >= 0.6 is 0 Å². The number of likely N-dealkylation sites (N-methyl/N-ethyl adjacent to an activating group) is 1. The van der Waals surface area contributed by atoms with Gasteiger partial charge in [-0.3, -0.25) is 4.79 Å². The second-order valence-electron chi connectivity index (χ2n) is 5.60. The maximum absolute atomic E-state index is 12.4. The summed E-state index contributed by atoms with van der Waals surface area (Å²) in [6.45, 7) is 3.88. The number of rotatable bonds is 4. The van der Waals surface area contributed by atoms with E-state index in [9.17, 15) is 4.79 Å². The molecule has 2 aliphatic rings. The molecule has 3 nitrogen and oxygen atoms in total. The molecule has 0 spiro atoms. The monoisotopic (exact) mass is 258 g/mol. The van der Waals surface area contributed by atoms with Gasteiger partial charge in [0.25, 0.3) is 0 Å². The highest BCUT2D eigenvalue weighted by Crippen LogP contribution is 2.45. The van der Waals surface area contributed by atoms with Gasteiger partial charge in [0.2, 0.25) is 5.91 Å². The predicted octanol–water partition coefficient (Wildman–Crippen LogP) is 2.14. The zero-order valence-corrected chi connectivity index (χ0v) is 11.5. The van der Waals surface area contributed by atoms with Crippen molar-refractivity contribution in [3.05, 3.63) is 35.9 Å². The van der Waals surface area contributed by atoms with E-state index in [1.807, 2.05) is 6.07 Å². The molecule has 19 heavy (non-hydrogen) atoms. The Bertz CT molecular complexity index is 443. The van der Waals surface area contributed by atoms with Gasteiger partial charge in [0.05, 0.1) is 6.04 Å². The third kappa shape index (κ3) is 2.52. The molecular weight excluding hydrogens is 236 g/mol. The summed E-state index contributed by atoms with van der Waals surface area (Å²) in [6, 6.07) is 11.1. The molecule has 1 aliphatic heterocycles. The first-order chi connectivity index (χ1) is 9.31. The highest BCUT2D eigenvalue weighted by atomic mass is 16.2. The summed E-state index contributed by atoms with van der Waals surface area (Å²) in [5.74, 6) is 0.877. The fourth-order valence-corrected chi connectivity index (χ4v) is 3.25. The van der Waals surface area contributed by atoms with Gasteiger partial charge in [-0.1, -0.05) is 37.3 Å². The maximum atomic E-state index is 12.4. The lowest BCUT2D eigenvalue weighted by molar-refractivity contribution is -0.136. The van der Waals surface area contributed by atoms with Crippen LogP contribution < -0.4 is 5.32 Å². The van der Waals surface area contributed by atoms with E-state index in [4.69, 9.17) is 0 Å². The first-order valence-electron chi connectivity index (χ1n) is 7.40. The molecule has 2 fully saturated rings. The molecule has 1 heterocycles. The van der Waals surface area contributed by atoms with Crippen molar-refractivity contribution in [2.75, 3.05) is 13.1 Å². The molecule has 1 saturated heterocycles. The van der Waals surface area contributed by atoms with Crippen LogP contribution in [-0.2, 0) is 4.79 Å². The summed E-state index contributed by atoms with van der Waals surface area (Å²) in [5, 5.41) is 3.31. The first-order valence-corrected chi connectivity index (χ1v) is 7.40. The minimum Gasteiger partial charge on any atom is -0.338 e. The average molecular weight is 258 g/mol. The van der Waals surface area contributed by atoms with Crippen LogP contribution in [0.3, 0.4) is 0 Å². The van der Waals surface area contributed by atoms with Crippen molar-refractivity contribution >= 4 is 5.91 Å². The molecule has 1 saturated carbocycles. The van der Waals surface area contributed by atoms with Crippen molar-refractivity contribution in [3.63, 3.8) is 0 Å². The Hall–Kier alpha value is -1.35. The van der Waals surface area contributed by atoms with Gasteiger partial charge in [-0.25, -0.2) is 0 Å². The lowest BCUT2D eigenvalue weighted by atomic mass is 10.0. The summed E-state index contributed by atoms with van der Waals surface area (Å²) in [4.78, 5) is 14.6. The van der Waals surface area contributed by atoms with Gasteiger partial charge in [-0.15, -0.1) is 0 Å². The van der Waals surface area contributed by atoms with Crippen LogP contribution in [0.25, 0.3) is 0 Å². The number of nitrogens with zero attached hydrogens (tertiary/aromatic N) is 1. The molecule has 1 amide bonds. The number of hydrogen-bond donors (Lipinski definition) is 1. The molecule has 1 aromatic carbocycles. The largest absolute Gasteiger partial charge is 0.338 e. The molecule has 1 aromatic rings. The van der Waals surface area contributed by atoms with Crippen molar-refractivity contribution in [2.45, 2.75) is 44.2 Å². The standard InChI is InChI=1S/C16H22N2O/c1-2-17-14-9-6-10-18(16(14)19)15-11-13(15)12-7-4-3-5-8-12/h3-5,7-8,13-15,17H,2,6,9-11H2,1H3. The predicted molar refractivity (Wildman–Crippen MR) is 76.0 cm³/mol. The van der Waals surface area contributed by atoms with Crippen molar-refractivity contribution in [1.29, 1.82) is 0 Å². The lowest BCUT2D eigenvalue weighted by Gasteiger charge is -2.33. The van der Waals surface area contributed by atoms with Crippen molar-refractivity contribution in [3.8, 4) is 0 Å². The Kier molecular flexibility index (Phi) is 3.56. The van der Waals surface area contributed by atoms with Gasteiger partial charge in [-0.05, 0) is 31.4 Å². The molecule has 1 N–H and O–H groups in total. The van der Waals surface area contributed by atoms with Crippen molar-refractivity contribution in [2.24, 2.45) is 0 Å². The van der Waals surface area contributed by atoms with E-state index in [1.54, 1.807) is 0 Å². The van der Waals surface area contributed by atoms with E-state index < -0.39 is 0 Å². The van der Waals surface area contributed by atoms with Gasteiger partial charge < -0.3 is 10.2 Å². The van der Waals surface area contributed by atoms with E-state index in [-0.39, 0.29) is 6.04 Å². The van der Waals surface area contributed by atoms with Gasteiger partial charge in [0.15, 0.2) is 0 Å². The molecule has 0 radical (unpaired) electrons. The third-order valence-corrected chi connectivity index (χ3v) is 4.31. The molecule has 3 unspecified atom stereocenters. The summed E-state index contributed by atoms with van der Waals surface area (Å²) < 4.78 is 0. The second-order valence-corrected chi connectivity index (χ2v) is 5.60. The number of likely N-dealkylation sites (tertiary alicyclic amines) is 1. The van der Waals surface area contributed by atoms with Crippen LogP contribution in [0.4, 0.5) is 0 Å². The van der Waals surface area contributed by atoms with E-state index >= 15 is 0 Å². The van der Waals surface area contributed by atoms with E-state index in [0.717, 1.165) is 32.4 Å². The third-order valence-electron chi connectivity index (χ3n) is 4.31.